The van der Waals surface area contributed by atoms with Gasteiger partial charge in [0.2, 0.25) is 0 Å². The smallest absolute Gasteiger partial charge is 0.112 e. The number of aryl methyl sites for hydroxylation is 2. The van der Waals surface area contributed by atoms with Gasteiger partial charge in [0.1, 0.15) is 5.60 Å². The number of hydrogen-bond donors (Lipinski definition) is 1. The molecule has 0 bridgehead atoms. The molecule has 0 spiro atoms. The lowest BCUT2D eigenvalue weighted by Crippen LogP contribution is -2.22. The minimum Gasteiger partial charge on any atom is -0.381 e. The summed E-state index contributed by atoms with van der Waals surface area (Å²) >= 11 is 0. The van der Waals surface area contributed by atoms with E-state index < -0.39 is 5.60 Å². The zero-order chi connectivity index (χ0) is 12.5. The second-order valence-electron chi connectivity index (χ2n) is 4.81. The van der Waals surface area contributed by atoms with Crippen LogP contribution < -0.4 is 0 Å². The molecule has 1 nitrogen and oxygen atoms in total. The zero-order valence-corrected chi connectivity index (χ0v) is 10.6. The first-order valence-electron chi connectivity index (χ1n) is 5.87. The van der Waals surface area contributed by atoms with Gasteiger partial charge in [-0.15, -0.1) is 0 Å². The third-order valence-electron chi connectivity index (χ3n) is 3.19. The van der Waals surface area contributed by atoms with Gasteiger partial charge in [0, 0.05) is 0 Å². The van der Waals surface area contributed by atoms with E-state index >= 15 is 0 Å². The lowest BCUT2D eigenvalue weighted by molar-refractivity contribution is 0.102. The molecule has 0 heterocycles. The predicted molar refractivity (Wildman–Crippen MR) is 71.0 cm³/mol. The van der Waals surface area contributed by atoms with Crippen molar-refractivity contribution >= 4 is 0 Å². The first-order valence-corrected chi connectivity index (χ1v) is 5.87. The Bertz CT molecular complexity index is 509. The summed E-state index contributed by atoms with van der Waals surface area (Å²) in [5.74, 6) is 0. The van der Waals surface area contributed by atoms with E-state index in [0.717, 1.165) is 16.7 Å². The summed E-state index contributed by atoms with van der Waals surface area (Å²) in [6.07, 6.45) is 0. The summed E-state index contributed by atoms with van der Waals surface area (Å²) in [6.45, 7) is 5.92. The average Bonchev–Trinajstić information content (AvgIpc) is 2.29. The summed E-state index contributed by atoms with van der Waals surface area (Å²) in [4.78, 5) is 0. The van der Waals surface area contributed by atoms with E-state index in [1.807, 2.05) is 69.3 Å². The largest absolute Gasteiger partial charge is 0.381 e. The van der Waals surface area contributed by atoms with Crippen LogP contribution >= 0.6 is 0 Å². The Morgan fingerprint density at radius 3 is 2.06 bits per heavy atom. The van der Waals surface area contributed by atoms with Crippen LogP contribution in [0.1, 0.15) is 29.2 Å². The maximum Gasteiger partial charge on any atom is 0.112 e. The molecule has 2 aromatic carbocycles. The van der Waals surface area contributed by atoms with Gasteiger partial charge in [0.15, 0.2) is 0 Å². The van der Waals surface area contributed by atoms with Crippen LogP contribution in [0.3, 0.4) is 0 Å². The maximum atomic E-state index is 10.7. The predicted octanol–water partition coefficient (Wildman–Crippen LogP) is 3.56. The Kier molecular flexibility index (Phi) is 3.03. The van der Waals surface area contributed by atoms with Gasteiger partial charge >= 0.3 is 0 Å². The van der Waals surface area contributed by atoms with E-state index in [1.54, 1.807) is 0 Å². The molecule has 0 amide bonds. The summed E-state index contributed by atoms with van der Waals surface area (Å²) in [7, 11) is 0. The Labute approximate surface area is 103 Å². The number of hydrogen-bond acceptors (Lipinski definition) is 1. The van der Waals surface area contributed by atoms with Gasteiger partial charge in [0.25, 0.3) is 0 Å². The molecule has 2 aromatic rings. The van der Waals surface area contributed by atoms with Crippen molar-refractivity contribution < 1.29 is 5.11 Å². The highest BCUT2D eigenvalue weighted by Gasteiger charge is 2.25. The van der Waals surface area contributed by atoms with E-state index in [-0.39, 0.29) is 0 Å². The number of rotatable bonds is 2. The van der Waals surface area contributed by atoms with Gasteiger partial charge in [-0.3, -0.25) is 0 Å². The summed E-state index contributed by atoms with van der Waals surface area (Å²) in [5, 5.41) is 10.7. The van der Waals surface area contributed by atoms with Crippen LogP contribution in [0.5, 0.6) is 0 Å². The Morgan fingerprint density at radius 2 is 1.47 bits per heavy atom. The van der Waals surface area contributed by atoms with Crippen LogP contribution in [0, 0.1) is 13.8 Å². The lowest BCUT2D eigenvalue weighted by atomic mass is 9.87. The van der Waals surface area contributed by atoms with Gasteiger partial charge in [-0.2, -0.15) is 0 Å². The Balaban J connectivity index is 2.45. The molecule has 0 radical (unpaired) electrons. The van der Waals surface area contributed by atoms with Crippen molar-refractivity contribution in [1.29, 1.82) is 0 Å². The monoisotopic (exact) mass is 226 g/mol. The first kappa shape index (κ1) is 11.9. The molecular weight excluding hydrogens is 208 g/mol. The molecule has 17 heavy (non-hydrogen) atoms. The van der Waals surface area contributed by atoms with E-state index in [0.29, 0.717) is 0 Å². The lowest BCUT2D eigenvalue weighted by Gasteiger charge is -2.25. The molecule has 0 aliphatic carbocycles. The minimum atomic E-state index is -0.931. The fourth-order valence-electron chi connectivity index (χ4n) is 1.99. The van der Waals surface area contributed by atoms with Crippen LogP contribution in [0.15, 0.2) is 48.5 Å². The van der Waals surface area contributed by atoms with Crippen molar-refractivity contribution in [3.05, 3.63) is 70.8 Å². The minimum absolute atomic E-state index is 0.925. The first-order chi connectivity index (χ1) is 8.00. The van der Waals surface area contributed by atoms with E-state index in [4.69, 9.17) is 0 Å². The highest BCUT2D eigenvalue weighted by molar-refractivity contribution is 5.37. The number of aliphatic hydroxyl groups is 1. The van der Waals surface area contributed by atoms with Crippen LogP contribution in [0.4, 0.5) is 0 Å². The average molecular weight is 226 g/mol. The molecule has 0 saturated heterocycles. The summed E-state index contributed by atoms with van der Waals surface area (Å²) < 4.78 is 0. The van der Waals surface area contributed by atoms with Crippen molar-refractivity contribution in [2.45, 2.75) is 26.4 Å². The van der Waals surface area contributed by atoms with Crippen molar-refractivity contribution in [2.24, 2.45) is 0 Å². The molecule has 1 N–H and O–H groups in total. The Morgan fingerprint density at radius 1 is 0.824 bits per heavy atom. The SMILES string of the molecule is Cc1ccc(C(C)(O)c2cccc(C)c2)cc1. The van der Waals surface area contributed by atoms with Crippen molar-refractivity contribution in [3.63, 3.8) is 0 Å². The van der Waals surface area contributed by atoms with Crippen LogP contribution in [0.25, 0.3) is 0 Å². The number of benzene rings is 2. The van der Waals surface area contributed by atoms with E-state index in [1.165, 1.54) is 5.56 Å². The van der Waals surface area contributed by atoms with Crippen molar-refractivity contribution in [1.82, 2.24) is 0 Å². The van der Waals surface area contributed by atoms with Gasteiger partial charge in [0.05, 0.1) is 0 Å². The quantitative estimate of drug-likeness (QED) is 0.830. The molecule has 0 fully saturated rings. The van der Waals surface area contributed by atoms with Gasteiger partial charge in [-0.25, -0.2) is 0 Å². The van der Waals surface area contributed by atoms with Crippen LogP contribution in [0.2, 0.25) is 0 Å². The second-order valence-corrected chi connectivity index (χ2v) is 4.81. The molecule has 1 unspecified atom stereocenters. The zero-order valence-electron chi connectivity index (χ0n) is 10.6. The molecule has 1 heteroatoms. The Hall–Kier alpha value is -1.60. The van der Waals surface area contributed by atoms with Crippen molar-refractivity contribution in [3.8, 4) is 0 Å². The van der Waals surface area contributed by atoms with Crippen LogP contribution in [-0.4, -0.2) is 5.11 Å². The second kappa shape index (κ2) is 4.34. The standard InChI is InChI=1S/C16H18O/c1-12-7-9-14(10-8-12)16(3,17)15-6-4-5-13(2)11-15/h4-11,17H,1-3H3. The van der Waals surface area contributed by atoms with Crippen molar-refractivity contribution in [2.75, 3.05) is 0 Å². The van der Waals surface area contributed by atoms with E-state index in [2.05, 4.69) is 0 Å². The van der Waals surface area contributed by atoms with Gasteiger partial charge < -0.3 is 5.11 Å². The highest BCUT2D eigenvalue weighted by atomic mass is 16.3. The summed E-state index contributed by atoms with van der Waals surface area (Å²) in [5.41, 5.74) is 3.29. The topological polar surface area (TPSA) is 20.2 Å². The normalized spacial score (nSPS) is 14.4. The molecule has 0 saturated carbocycles. The highest BCUT2D eigenvalue weighted by Crippen LogP contribution is 2.29. The fraction of sp³-hybridized carbons (Fsp3) is 0.250. The molecular formula is C16H18O. The third-order valence-corrected chi connectivity index (χ3v) is 3.19. The molecule has 0 aliphatic heterocycles. The fourth-order valence-corrected chi connectivity index (χ4v) is 1.99. The van der Waals surface area contributed by atoms with E-state index in [9.17, 15) is 5.11 Å². The van der Waals surface area contributed by atoms with Gasteiger partial charge in [-0.1, -0.05) is 59.7 Å². The maximum absolute atomic E-state index is 10.7. The van der Waals surface area contributed by atoms with Crippen LogP contribution in [-0.2, 0) is 5.60 Å². The summed E-state index contributed by atoms with van der Waals surface area (Å²) in [6, 6.07) is 16.0. The molecule has 1 atom stereocenters. The molecule has 88 valence electrons. The molecule has 0 aromatic heterocycles. The third kappa shape index (κ3) is 2.40. The van der Waals surface area contributed by atoms with Gasteiger partial charge in [-0.05, 0) is 31.9 Å². The molecule has 2 rings (SSSR count). The molecule has 0 aliphatic rings.